The molecule has 164 valence electrons. The second-order valence-corrected chi connectivity index (χ2v) is 10.4. The second kappa shape index (κ2) is 7.67. The van der Waals surface area contributed by atoms with Crippen LogP contribution in [0.3, 0.4) is 0 Å². The predicted molar refractivity (Wildman–Crippen MR) is 122 cm³/mol. The highest BCUT2D eigenvalue weighted by molar-refractivity contribution is 5.68. The molecule has 0 aromatic heterocycles. The molecule has 2 bridgehead atoms. The van der Waals surface area contributed by atoms with E-state index in [2.05, 4.69) is 68.1 Å². The molecule has 0 radical (unpaired) electrons. The van der Waals surface area contributed by atoms with Gasteiger partial charge in [-0.2, -0.15) is 0 Å². The molecule has 31 heavy (non-hydrogen) atoms. The third-order valence-electron chi connectivity index (χ3n) is 7.96. The number of rotatable bonds is 4. The summed E-state index contributed by atoms with van der Waals surface area (Å²) in [7, 11) is 0. The number of amides is 1. The van der Waals surface area contributed by atoms with Crippen molar-refractivity contribution in [1.82, 2.24) is 9.80 Å². The number of hydrogen-bond acceptors (Lipinski definition) is 3. The lowest BCUT2D eigenvalue weighted by Gasteiger charge is -2.53. The molecule has 4 heteroatoms. The Bertz CT molecular complexity index is 990. The lowest BCUT2D eigenvalue weighted by atomic mass is 9.79. The van der Waals surface area contributed by atoms with E-state index in [4.69, 9.17) is 0 Å². The number of hydrogen-bond donors (Lipinski definition) is 0. The van der Waals surface area contributed by atoms with E-state index >= 15 is 0 Å². The molecule has 1 aliphatic carbocycles. The van der Waals surface area contributed by atoms with Gasteiger partial charge in [-0.15, -0.1) is 0 Å². The maximum Gasteiger partial charge on any atom is 0.137 e. The van der Waals surface area contributed by atoms with Crippen LogP contribution >= 0.6 is 0 Å². The van der Waals surface area contributed by atoms with Crippen LogP contribution in [-0.2, 0) is 12.8 Å². The van der Waals surface area contributed by atoms with Gasteiger partial charge in [0.2, 0.25) is 0 Å². The van der Waals surface area contributed by atoms with Crippen molar-refractivity contribution in [3.63, 3.8) is 0 Å². The van der Waals surface area contributed by atoms with Crippen molar-refractivity contribution in [2.75, 3.05) is 19.6 Å². The summed E-state index contributed by atoms with van der Waals surface area (Å²) in [6.45, 7) is 9.67. The average molecular weight is 418 g/mol. The smallest absolute Gasteiger partial charge is 0.137 e. The number of fused-ring (bicyclic) bond motifs is 4. The summed E-state index contributed by atoms with van der Waals surface area (Å²) < 4.78 is 0. The van der Waals surface area contributed by atoms with E-state index in [1.165, 1.54) is 27.8 Å². The molecule has 3 fully saturated rings. The van der Waals surface area contributed by atoms with E-state index in [1.54, 1.807) is 4.90 Å². The van der Waals surface area contributed by atoms with Gasteiger partial charge in [-0.05, 0) is 77.9 Å². The Labute approximate surface area is 185 Å². The van der Waals surface area contributed by atoms with E-state index < -0.39 is 6.09 Å². The number of nitrogens with zero attached hydrogens (tertiary/aromatic N) is 2. The number of aryl methyl sites for hydroxylation is 1. The zero-order chi connectivity index (χ0) is 21.8. The number of carboxylic acid groups (broad SMARTS) is 1. The molecule has 0 saturated carbocycles. The Morgan fingerprint density at radius 1 is 1.13 bits per heavy atom. The second-order valence-electron chi connectivity index (χ2n) is 10.4. The van der Waals surface area contributed by atoms with Gasteiger partial charge in [-0.25, -0.2) is 0 Å². The van der Waals surface area contributed by atoms with Gasteiger partial charge in [0.25, 0.3) is 0 Å². The molecule has 3 aliphatic heterocycles. The van der Waals surface area contributed by atoms with Crippen LogP contribution in [0.5, 0.6) is 0 Å². The zero-order valence-corrected chi connectivity index (χ0v) is 18.9. The Balaban J connectivity index is 1.52. The SMILES string of the molecule is CCc1cccc(-c2ccc3c(c2)CC(C)(C)[C@H]3N(C(=O)[O-])[C@@H]2CN3CCC2CC3)c1. The summed E-state index contributed by atoms with van der Waals surface area (Å²) in [6, 6.07) is 15.3. The van der Waals surface area contributed by atoms with E-state index in [-0.39, 0.29) is 17.5 Å². The number of carbonyl (C=O) groups excluding carboxylic acids is 1. The van der Waals surface area contributed by atoms with Crippen LogP contribution in [0.25, 0.3) is 11.1 Å². The molecule has 6 rings (SSSR count). The summed E-state index contributed by atoms with van der Waals surface area (Å²) in [4.78, 5) is 16.7. The first kappa shape index (κ1) is 20.6. The van der Waals surface area contributed by atoms with E-state index in [0.29, 0.717) is 5.92 Å². The minimum absolute atomic E-state index is 0.0450. The van der Waals surface area contributed by atoms with Crippen molar-refractivity contribution < 1.29 is 9.90 Å². The number of carbonyl (C=O) groups is 1. The fraction of sp³-hybridized carbons (Fsp3) is 0.519. The molecule has 1 amide bonds. The van der Waals surface area contributed by atoms with Crippen molar-refractivity contribution in [3.8, 4) is 11.1 Å². The summed E-state index contributed by atoms with van der Waals surface area (Å²) in [5, 5.41) is 12.5. The van der Waals surface area contributed by atoms with Gasteiger partial charge < -0.3 is 19.7 Å². The molecule has 2 aromatic carbocycles. The molecule has 3 saturated heterocycles. The zero-order valence-electron chi connectivity index (χ0n) is 18.9. The van der Waals surface area contributed by atoms with Crippen LogP contribution in [-0.4, -0.2) is 41.6 Å². The minimum Gasteiger partial charge on any atom is -0.530 e. The summed E-state index contributed by atoms with van der Waals surface area (Å²) in [5.41, 5.74) is 6.08. The molecule has 0 unspecified atom stereocenters. The Morgan fingerprint density at radius 3 is 2.52 bits per heavy atom. The van der Waals surface area contributed by atoms with Crippen molar-refractivity contribution in [2.45, 2.75) is 58.5 Å². The van der Waals surface area contributed by atoms with Gasteiger partial charge in [0.15, 0.2) is 0 Å². The minimum atomic E-state index is -1.01. The number of benzene rings is 2. The molecule has 2 aromatic rings. The fourth-order valence-electron chi connectivity index (χ4n) is 6.39. The molecule has 2 atom stereocenters. The van der Waals surface area contributed by atoms with Gasteiger partial charge in [0.1, 0.15) is 6.09 Å². The Kier molecular flexibility index (Phi) is 5.09. The quantitative estimate of drug-likeness (QED) is 0.746. The van der Waals surface area contributed by atoms with Crippen LogP contribution in [0, 0.1) is 11.3 Å². The molecule has 4 aliphatic rings. The Morgan fingerprint density at radius 2 is 1.87 bits per heavy atom. The first-order valence-corrected chi connectivity index (χ1v) is 11.8. The van der Waals surface area contributed by atoms with Gasteiger partial charge >= 0.3 is 0 Å². The highest BCUT2D eigenvalue weighted by atomic mass is 16.4. The fourth-order valence-corrected chi connectivity index (χ4v) is 6.39. The van der Waals surface area contributed by atoms with Crippen LogP contribution in [0.2, 0.25) is 0 Å². The first-order chi connectivity index (χ1) is 14.9. The summed E-state index contributed by atoms with van der Waals surface area (Å²) >= 11 is 0. The third-order valence-corrected chi connectivity index (χ3v) is 7.96. The molecular formula is C27H33N2O2-. The first-order valence-electron chi connectivity index (χ1n) is 11.8. The van der Waals surface area contributed by atoms with E-state index in [0.717, 1.165) is 45.3 Å². The standard InChI is InChI=1S/C27H34N2O2/c1-4-18-6-5-7-20(14-18)21-8-9-23-22(15-21)16-27(2,3)25(23)29(26(30)31)24-17-28-12-10-19(24)11-13-28/h5-9,14-15,19,24-25H,4,10-13,16-17H2,1-3H3,(H,30,31)/p-1/t24-,25+/m1/s1. The lowest BCUT2D eigenvalue weighted by Crippen LogP contribution is -2.62. The largest absolute Gasteiger partial charge is 0.530 e. The predicted octanol–water partition coefficient (Wildman–Crippen LogP) is 4.28. The molecule has 3 heterocycles. The average Bonchev–Trinajstić information content (AvgIpc) is 3.04. The highest BCUT2D eigenvalue weighted by Gasteiger charge is 2.48. The monoisotopic (exact) mass is 417 g/mol. The van der Waals surface area contributed by atoms with E-state index in [9.17, 15) is 9.90 Å². The van der Waals surface area contributed by atoms with Crippen molar-refractivity contribution in [3.05, 3.63) is 59.2 Å². The van der Waals surface area contributed by atoms with Gasteiger partial charge in [0.05, 0.1) is 6.04 Å². The molecule has 4 nitrogen and oxygen atoms in total. The van der Waals surface area contributed by atoms with Crippen molar-refractivity contribution >= 4 is 6.09 Å². The van der Waals surface area contributed by atoms with Crippen LogP contribution in [0.1, 0.15) is 56.3 Å². The molecule has 0 spiro atoms. The number of piperidine rings is 3. The van der Waals surface area contributed by atoms with Crippen LogP contribution in [0.15, 0.2) is 42.5 Å². The van der Waals surface area contributed by atoms with Crippen LogP contribution < -0.4 is 5.11 Å². The third kappa shape index (κ3) is 3.55. The van der Waals surface area contributed by atoms with E-state index in [1.807, 2.05) is 0 Å². The van der Waals surface area contributed by atoms with Crippen LogP contribution in [0.4, 0.5) is 4.79 Å². The summed E-state index contributed by atoms with van der Waals surface area (Å²) in [6.07, 6.45) is 3.10. The normalized spacial score (nSPS) is 28.4. The molecular weight excluding hydrogens is 384 g/mol. The molecule has 0 N–H and O–H groups in total. The van der Waals surface area contributed by atoms with Gasteiger partial charge in [-0.1, -0.05) is 63.2 Å². The van der Waals surface area contributed by atoms with Gasteiger partial charge in [0, 0.05) is 12.6 Å². The van der Waals surface area contributed by atoms with Crippen molar-refractivity contribution in [1.29, 1.82) is 0 Å². The summed E-state index contributed by atoms with van der Waals surface area (Å²) in [5.74, 6) is 0.457. The maximum atomic E-state index is 12.5. The Hall–Kier alpha value is -2.33. The lowest BCUT2D eigenvalue weighted by molar-refractivity contribution is -0.276. The van der Waals surface area contributed by atoms with Gasteiger partial charge in [-0.3, -0.25) is 0 Å². The topological polar surface area (TPSA) is 46.6 Å². The highest BCUT2D eigenvalue weighted by Crippen LogP contribution is 2.51. The van der Waals surface area contributed by atoms with Crippen molar-refractivity contribution in [2.24, 2.45) is 11.3 Å². The maximum absolute atomic E-state index is 12.5.